The van der Waals surface area contributed by atoms with E-state index in [2.05, 4.69) is 9.88 Å². The van der Waals surface area contributed by atoms with Crippen molar-refractivity contribution in [2.45, 2.75) is 5.75 Å². The fraction of sp³-hybridized carbons (Fsp3) is 0.333. The number of nitrogens with zero attached hydrogens (tertiary/aromatic N) is 3. The molecule has 0 unspecified atom stereocenters. The average molecular weight is 362 g/mol. The Morgan fingerprint density at radius 3 is 2.38 bits per heavy atom. The molecule has 126 valence electrons. The van der Waals surface area contributed by atoms with Crippen molar-refractivity contribution in [2.24, 2.45) is 0 Å². The maximum Gasteiger partial charge on any atom is 0.232 e. The molecule has 0 radical (unpaired) electrons. The molecule has 4 nitrogen and oxygen atoms in total. The Kier molecular flexibility index (Phi) is 5.99. The highest BCUT2D eigenvalue weighted by Crippen LogP contribution is 2.18. The number of pyridine rings is 1. The molecule has 6 heteroatoms. The zero-order valence-corrected chi connectivity index (χ0v) is 15.0. The zero-order chi connectivity index (χ0) is 16.8. The molecule has 1 saturated heterocycles. The molecule has 1 aliphatic heterocycles. The SMILES string of the molecule is O=C(CSCc1ccc(Cl)cc1)N1CCN(c2ccncc2)CC1. The first kappa shape index (κ1) is 17.1. The van der Waals surface area contributed by atoms with E-state index in [4.69, 9.17) is 11.6 Å². The normalized spacial score (nSPS) is 14.7. The van der Waals surface area contributed by atoms with Crippen LogP contribution in [0.4, 0.5) is 5.69 Å². The van der Waals surface area contributed by atoms with Crippen molar-refractivity contribution in [3.8, 4) is 0 Å². The van der Waals surface area contributed by atoms with Gasteiger partial charge in [-0.05, 0) is 29.8 Å². The van der Waals surface area contributed by atoms with E-state index in [0.29, 0.717) is 5.75 Å². The van der Waals surface area contributed by atoms with Crippen molar-refractivity contribution in [1.29, 1.82) is 0 Å². The van der Waals surface area contributed by atoms with Crippen LogP contribution in [0.1, 0.15) is 5.56 Å². The molecular formula is C18H20ClN3OS. The maximum atomic E-state index is 12.3. The Balaban J connectivity index is 1.41. The standard InChI is InChI=1S/C18H20ClN3OS/c19-16-3-1-15(2-4-16)13-24-14-18(23)22-11-9-21(10-12-22)17-5-7-20-8-6-17/h1-8H,9-14H2. The molecule has 2 heterocycles. The van der Waals surface area contributed by atoms with Crippen LogP contribution in [0.3, 0.4) is 0 Å². The monoisotopic (exact) mass is 361 g/mol. The molecule has 3 rings (SSSR count). The number of hydrogen-bond acceptors (Lipinski definition) is 4. The molecule has 1 aromatic heterocycles. The lowest BCUT2D eigenvalue weighted by Gasteiger charge is -2.36. The first-order valence-electron chi connectivity index (χ1n) is 7.97. The number of anilines is 1. The van der Waals surface area contributed by atoms with E-state index in [1.165, 1.54) is 11.3 Å². The predicted molar refractivity (Wildman–Crippen MR) is 101 cm³/mol. The largest absolute Gasteiger partial charge is 0.368 e. The van der Waals surface area contributed by atoms with Gasteiger partial charge in [-0.2, -0.15) is 0 Å². The van der Waals surface area contributed by atoms with Crippen LogP contribution in [-0.4, -0.2) is 47.7 Å². The van der Waals surface area contributed by atoms with Crippen LogP contribution in [0.25, 0.3) is 0 Å². The Bertz CT molecular complexity index is 658. The Labute approximate surface area is 151 Å². The van der Waals surface area contributed by atoms with E-state index >= 15 is 0 Å². The fourth-order valence-corrected chi connectivity index (χ4v) is 3.71. The van der Waals surface area contributed by atoms with Crippen LogP contribution in [0.2, 0.25) is 5.02 Å². The number of piperazine rings is 1. The van der Waals surface area contributed by atoms with Crippen LogP contribution in [0.15, 0.2) is 48.8 Å². The number of hydrogen-bond donors (Lipinski definition) is 0. The summed E-state index contributed by atoms with van der Waals surface area (Å²) < 4.78 is 0. The highest BCUT2D eigenvalue weighted by molar-refractivity contribution is 7.99. The van der Waals surface area contributed by atoms with Crippen LogP contribution in [0.5, 0.6) is 0 Å². The van der Waals surface area contributed by atoms with Gasteiger partial charge in [0.15, 0.2) is 0 Å². The van der Waals surface area contributed by atoms with E-state index in [0.717, 1.165) is 37.0 Å². The van der Waals surface area contributed by atoms with Gasteiger partial charge >= 0.3 is 0 Å². The van der Waals surface area contributed by atoms with Gasteiger partial charge in [-0.25, -0.2) is 0 Å². The Hall–Kier alpha value is -1.72. The molecule has 0 spiro atoms. The quantitative estimate of drug-likeness (QED) is 0.818. The topological polar surface area (TPSA) is 36.4 Å². The highest BCUT2D eigenvalue weighted by Gasteiger charge is 2.20. The Morgan fingerprint density at radius 2 is 1.71 bits per heavy atom. The molecule has 0 atom stereocenters. The molecule has 24 heavy (non-hydrogen) atoms. The molecule has 1 aliphatic rings. The van der Waals surface area contributed by atoms with Gasteiger partial charge < -0.3 is 9.80 Å². The van der Waals surface area contributed by atoms with Gasteiger partial charge in [-0.15, -0.1) is 11.8 Å². The third-order valence-electron chi connectivity index (χ3n) is 4.07. The van der Waals surface area contributed by atoms with Crippen molar-refractivity contribution in [3.05, 3.63) is 59.4 Å². The summed E-state index contributed by atoms with van der Waals surface area (Å²) in [6, 6.07) is 11.8. The zero-order valence-electron chi connectivity index (χ0n) is 13.4. The lowest BCUT2D eigenvalue weighted by Crippen LogP contribution is -2.49. The third-order valence-corrected chi connectivity index (χ3v) is 5.31. The first-order chi connectivity index (χ1) is 11.7. The van der Waals surface area contributed by atoms with E-state index in [1.807, 2.05) is 41.3 Å². The number of aromatic nitrogens is 1. The van der Waals surface area contributed by atoms with Crippen molar-refractivity contribution < 1.29 is 4.79 Å². The summed E-state index contributed by atoms with van der Waals surface area (Å²) in [5, 5.41) is 0.742. The number of benzene rings is 1. The maximum absolute atomic E-state index is 12.3. The number of rotatable bonds is 5. The number of thioether (sulfide) groups is 1. The summed E-state index contributed by atoms with van der Waals surface area (Å²) in [5.74, 6) is 1.58. The van der Waals surface area contributed by atoms with Gasteiger partial charge in [0, 0.05) is 55.0 Å². The van der Waals surface area contributed by atoms with Gasteiger partial charge in [-0.3, -0.25) is 9.78 Å². The minimum atomic E-state index is 0.225. The minimum absolute atomic E-state index is 0.225. The fourth-order valence-electron chi connectivity index (χ4n) is 2.70. The molecule has 2 aromatic rings. The summed E-state index contributed by atoms with van der Waals surface area (Å²) >= 11 is 7.53. The first-order valence-corrected chi connectivity index (χ1v) is 9.50. The van der Waals surface area contributed by atoms with Gasteiger partial charge in [0.2, 0.25) is 5.91 Å². The molecule has 1 aromatic carbocycles. The number of amides is 1. The van der Waals surface area contributed by atoms with E-state index in [9.17, 15) is 4.79 Å². The molecule has 0 aliphatic carbocycles. The van der Waals surface area contributed by atoms with Crippen molar-refractivity contribution in [2.75, 3.05) is 36.8 Å². The molecule has 0 bridgehead atoms. The van der Waals surface area contributed by atoms with Gasteiger partial charge in [0.05, 0.1) is 5.75 Å². The highest BCUT2D eigenvalue weighted by atomic mass is 35.5. The van der Waals surface area contributed by atoms with E-state index in [-0.39, 0.29) is 5.91 Å². The predicted octanol–water partition coefficient (Wildman–Crippen LogP) is 3.32. The van der Waals surface area contributed by atoms with Crippen LogP contribution >= 0.6 is 23.4 Å². The molecule has 0 saturated carbocycles. The number of carbonyl (C=O) groups excluding carboxylic acids is 1. The smallest absolute Gasteiger partial charge is 0.232 e. The second-order valence-corrected chi connectivity index (χ2v) is 7.11. The molecule has 1 fully saturated rings. The van der Waals surface area contributed by atoms with Gasteiger partial charge in [-0.1, -0.05) is 23.7 Å². The molecule has 0 N–H and O–H groups in total. The lowest BCUT2D eigenvalue weighted by atomic mass is 10.2. The summed E-state index contributed by atoms with van der Waals surface area (Å²) in [6.07, 6.45) is 3.61. The molecule has 1 amide bonds. The van der Waals surface area contributed by atoms with Crippen LogP contribution in [-0.2, 0) is 10.5 Å². The second-order valence-electron chi connectivity index (χ2n) is 5.69. The summed E-state index contributed by atoms with van der Waals surface area (Å²) in [6.45, 7) is 3.31. The third kappa shape index (κ3) is 4.65. The minimum Gasteiger partial charge on any atom is -0.368 e. The number of carbonyl (C=O) groups is 1. The van der Waals surface area contributed by atoms with Crippen LogP contribution < -0.4 is 4.90 Å². The summed E-state index contributed by atoms with van der Waals surface area (Å²) in [7, 11) is 0. The van der Waals surface area contributed by atoms with E-state index in [1.54, 1.807) is 24.2 Å². The molecular weight excluding hydrogens is 342 g/mol. The summed E-state index contributed by atoms with van der Waals surface area (Å²) in [5.41, 5.74) is 2.37. The lowest BCUT2D eigenvalue weighted by molar-refractivity contribution is -0.128. The van der Waals surface area contributed by atoms with Crippen LogP contribution in [0, 0.1) is 0 Å². The van der Waals surface area contributed by atoms with Gasteiger partial charge in [0.25, 0.3) is 0 Å². The van der Waals surface area contributed by atoms with Gasteiger partial charge in [0.1, 0.15) is 0 Å². The average Bonchev–Trinajstić information content (AvgIpc) is 2.64. The second kappa shape index (κ2) is 8.40. The van der Waals surface area contributed by atoms with Crippen molar-refractivity contribution >= 4 is 35.0 Å². The Morgan fingerprint density at radius 1 is 1.04 bits per heavy atom. The number of halogens is 1. The summed E-state index contributed by atoms with van der Waals surface area (Å²) in [4.78, 5) is 20.6. The van der Waals surface area contributed by atoms with E-state index < -0.39 is 0 Å². The van der Waals surface area contributed by atoms with Crippen molar-refractivity contribution in [1.82, 2.24) is 9.88 Å². The van der Waals surface area contributed by atoms with Crippen molar-refractivity contribution in [3.63, 3.8) is 0 Å².